The van der Waals surface area contributed by atoms with Gasteiger partial charge in [-0.1, -0.05) is 6.07 Å². The predicted octanol–water partition coefficient (Wildman–Crippen LogP) is 2.04. The molecule has 2 rings (SSSR count). The number of benzene rings is 1. The summed E-state index contributed by atoms with van der Waals surface area (Å²) in [6.45, 7) is 2.60. The van der Waals surface area contributed by atoms with Crippen LogP contribution in [0.1, 0.15) is 24.8 Å². The second-order valence-corrected chi connectivity index (χ2v) is 3.78. The van der Waals surface area contributed by atoms with Crippen molar-refractivity contribution in [1.82, 2.24) is 0 Å². The minimum absolute atomic E-state index is 0.0862. The van der Waals surface area contributed by atoms with Gasteiger partial charge >= 0.3 is 0 Å². The lowest BCUT2D eigenvalue weighted by molar-refractivity contribution is 0.256. The highest BCUT2D eigenvalue weighted by Crippen LogP contribution is 2.35. The van der Waals surface area contributed by atoms with E-state index in [0.29, 0.717) is 18.3 Å². The molecular formula is C11H14FNO. The van der Waals surface area contributed by atoms with E-state index in [0.717, 1.165) is 12.0 Å². The first-order valence-electron chi connectivity index (χ1n) is 4.86. The third kappa shape index (κ3) is 1.60. The first-order valence-corrected chi connectivity index (χ1v) is 4.86. The summed E-state index contributed by atoms with van der Waals surface area (Å²) in [6.07, 6.45) is 0.913. The largest absolute Gasteiger partial charge is 0.493 e. The van der Waals surface area contributed by atoms with Gasteiger partial charge in [0.05, 0.1) is 6.61 Å². The molecule has 0 fully saturated rings. The minimum Gasteiger partial charge on any atom is -0.493 e. The van der Waals surface area contributed by atoms with Gasteiger partial charge in [-0.25, -0.2) is 4.39 Å². The average Bonchev–Trinajstić information content (AvgIpc) is 2.16. The molecule has 0 radical (unpaired) electrons. The van der Waals surface area contributed by atoms with Gasteiger partial charge in [-0.15, -0.1) is 0 Å². The van der Waals surface area contributed by atoms with Crippen molar-refractivity contribution in [1.29, 1.82) is 0 Å². The van der Waals surface area contributed by atoms with Crippen LogP contribution in [0, 0.1) is 5.82 Å². The van der Waals surface area contributed by atoms with Crippen molar-refractivity contribution in [2.45, 2.75) is 25.3 Å². The Hall–Kier alpha value is -1.09. The van der Waals surface area contributed by atoms with Crippen LogP contribution in [0.25, 0.3) is 0 Å². The van der Waals surface area contributed by atoms with Crippen LogP contribution in [0.5, 0.6) is 5.75 Å². The molecule has 3 heteroatoms. The Bertz CT molecular complexity index is 338. The van der Waals surface area contributed by atoms with Gasteiger partial charge in [0.15, 0.2) is 0 Å². The van der Waals surface area contributed by atoms with Gasteiger partial charge in [-0.2, -0.15) is 0 Å². The van der Waals surface area contributed by atoms with E-state index in [1.54, 1.807) is 6.07 Å². The van der Waals surface area contributed by atoms with Crippen LogP contribution in [0.4, 0.5) is 4.39 Å². The number of nitrogens with two attached hydrogens (primary N) is 1. The smallest absolute Gasteiger partial charge is 0.126 e. The fourth-order valence-electron chi connectivity index (χ4n) is 1.94. The molecule has 1 aromatic rings. The number of fused-ring (bicyclic) bond motifs is 1. The molecule has 1 aliphatic heterocycles. The van der Waals surface area contributed by atoms with Gasteiger partial charge in [0.1, 0.15) is 11.6 Å². The van der Waals surface area contributed by atoms with Crippen molar-refractivity contribution in [3.05, 3.63) is 29.6 Å². The van der Waals surface area contributed by atoms with E-state index in [1.165, 1.54) is 12.1 Å². The van der Waals surface area contributed by atoms with Crippen molar-refractivity contribution in [3.8, 4) is 5.75 Å². The molecule has 2 nitrogen and oxygen atoms in total. The molecule has 14 heavy (non-hydrogen) atoms. The molecule has 0 spiro atoms. The zero-order valence-electron chi connectivity index (χ0n) is 8.16. The number of ether oxygens (including phenoxy) is 1. The predicted molar refractivity (Wildman–Crippen MR) is 52.9 cm³/mol. The van der Waals surface area contributed by atoms with Gasteiger partial charge < -0.3 is 10.5 Å². The molecule has 0 saturated carbocycles. The van der Waals surface area contributed by atoms with E-state index >= 15 is 0 Å². The molecule has 2 unspecified atom stereocenters. The van der Waals surface area contributed by atoms with Crippen molar-refractivity contribution in [2.75, 3.05) is 6.61 Å². The first-order chi connectivity index (χ1) is 6.68. The fourth-order valence-corrected chi connectivity index (χ4v) is 1.94. The molecule has 1 heterocycles. The molecule has 1 aromatic carbocycles. The minimum atomic E-state index is -0.255. The van der Waals surface area contributed by atoms with Crippen molar-refractivity contribution in [2.24, 2.45) is 5.73 Å². The standard InChI is InChI=1S/C11H14FNO/c1-7(13)9-4-5-14-11-6-8(12)2-3-10(9)11/h2-3,6-7,9H,4-5,13H2,1H3. The molecule has 0 aliphatic carbocycles. The summed E-state index contributed by atoms with van der Waals surface area (Å²) in [5.74, 6) is 0.687. The Morgan fingerprint density at radius 3 is 3.07 bits per heavy atom. The van der Waals surface area contributed by atoms with E-state index in [4.69, 9.17) is 10.5 Å². The van der Waals surface area contributed by atoms with Gasteiger partial charge in [0, 0.05) is 18.0 Å². The summed E-state index contributed by atoms with van der Waals surface area (Å²) >= 11 is 0. The summed E-state index contributed by atoms with van der Waals surface area (Å²) in [7, 11) is 0. The SMILES string of the molecule is CC(N)C1CCOc2cc(F)ccc21. The lowest BCUT2D eigenvalue weighted by Gasteiger charge is -2.28. The van der Waals surface area contributed by atoms with Crippen LogP contribution in [-0.2, 0) is 0 Å². The Morgan fingerprint density at radius 2 is 2.36 bits per heavy atom. The van der Waals surface area contributed by atoms with Gasteiger partial charge in [0.2, 0.25) is 0 Å². The molecule has 1 aliphatic rings. The number of hydrogen-bond acceptors (Lipinski definition) is 2. The van der Waals surface area contributed by atoms with E-state index in [2.05, 4.69) is 0 Å². The summed E-state index contributed by atoms with van der Waals surface area (Å²) in [4.78, 5) is 0. The second kappa shape index (κ2) is 3.58. The van der Waals surface area contributed by atoms with Crippen LogP contribution >= 0.6 is 0 Å². The topological polar surface area (TPSA) is 35.2 Å². The highest BCUT2D eigenvalue weighted by molar-refractivity contribution is 5.39. The Kier molecular flexibility index (Phi) is 2.42. The monoisotopic (exact) mass is 195 g/mol. The maximum atomic E-state index is 12.9. The Morgan fingerprint density at radius 1 is 1.57 bits per heavy atom. The number of hydrogen-bond donors (Lipinski definition) is 1. The number of rotatable bonds is 1. The molecule has 76 valence electrons. The number of halogens is 1. The van der Waals surface area contributed by atoms with Crippen LogP contribution in [0.2, 0.25) is 0 Å². The van der Waals surface area contributed by atoms with E-state index < -0.39 is 0 Å². The van der Waals surface area contributed by atoms with Crippen LogP contribution in [0.15, 0.2) is 18.2 Å². The van der Waals surface area contributed by atoms with Crippen LogP contribution < -0.4 is 10.5 Å². The van der Waals surface area contributed by atoms with Gasteiger partial charge in [-0.3, -0.25) is 0 Å². The lowest BCUT2D eigenvalue weighted by atomic mass is 9.88. The fraction of sp³-hybridized carbons (Fsp3) is 0.455. The molecule has 2 N–H and O–H groups in total. The van der Waals surface area contributed by atoms with Crippen LogP contribution in [-0.4, -0.2) is 12.6 Å². The first kappa shape index (κ1) is 9.46. The quantitative estimate of drug-likeness (QED) is 0.744. The summed E-state index contributed by atoms with van der Waals surface area (Å²) in [5, 5.41) is 0. The summed E-state index contributed by atoms with van der Waals surface area (Å²) in [6, 6.07) is 4.76. The lowest BCUT2D eigenvalue weighted by Crippen LogP contribution is -2.29. The molecule has 0 aromatic heterocycles. The third-order valence-electron chi connectivity index (χ3n) is 2.70. The van der Waals surface area contributed by atoms with Crippen LogP contribution in [0.3, 0.4) is 0 Å². The maximum absolute atomic E-state index is 12.9. The maximum Gasteiger partial charge on any atom is 0.126 e. The summed E-state index contributed by atoms with van der Waals surface area (Å²) in [5.41, 5.74) is 6.91. The van der Waals surface area contributed by atoms with Gasteiger partial charge in [0.25, 0.3) is 0 Å². The third-order valence-corrected chi connectivity index (χ3v) is 2.70. The normalized spacial score (nSPS) is 22.4. The molecule has 0 saturated heterocycles. The Balaban J connectivity index is 2.40. The van der Waals surface area contributed by atoms with E-state index in [-0.39, 0.29) is 11.9 Å². The molecule has 0 bridgehead atoms. The highest BCUT2D eigenvalue weighted by atomic mass is 19.1. The van der Waals surface area contributed by atoms with Crippen molar-refractivity contribution < 1.29 is 9.13 Å². The van der Waals surface area contributed by atoms with Crippen molar-refractivity contribution >= 4 is 0 Å². The molecular weight excluding hydrogens is 181 g/mol. The van der Waals surface area contributed by atoms with Crippen molar-refractivity contribution in [3.63, 3.8) is 0 Å². The second-order valence-electron chi connectivity index (χ2n) is 3.78. The Labute approximate surface area is 82.9 Å². The zero-order valence-corrected chi connectivity index (χ0v) is 8.16. The highest BCUT2D eigenvalue weighted by Gasteiger charge is 2.24. The molecule has 0 amide bonds. The van der Waals surface area contributed by atoms with E-state index in [9.17, 15) is 4.39 Å². The summed E-state index contributed by atoms with van der Waals surface area (Å²) < 4.78 is 18.3. The molecule has 2 atom stereocenters. The average molecular weight is 195 g/mol. The van der Waals surface area contributed by atoms with E-state index in [1.807, 2.05) is 6.92 Å². The van der Waals surface area contributed by atoms with Gasteiger partial charge in [-0.05, 0) is 25.0 Å². The zero-order chi connectivity index (χ0) is 10.1.